The second-order valence-electron chi connectivity index (χ2n) is 8.53. The van der Waals surface area contributed by atoms with E-state index in [2.05, 4.69) is 5.32 Å². The fourth-order valence-electron chi connectivity index (χ4n) is 4.67. The van der Waals surface area contributed by atoms with Crippen molar-refractivity contribution in [3.8, 4) is 0 Å². The third-order valence-corrected chi connectivity index (χ3v) is 8.22. The summed E-state index contributed by atoms with van der Waals surface area (Å²) in [5.74, 6) is 1.40. The van der Waals surface area contributed by atoms with Crippen LogP contribution in [0, 0.1) is 18.8 Å². The van der Waals surface area contributed by atoms with Crippen molar-refractivity contribution in [3.63, 3.8) is 0 Å². The van der Waals surface area contributed by atoms with Gasteiger partial charge in [0.05, 0.1) is 4.90 Å². The van der Waals surface area contributed by atoms with Crippen molar-refractivity contribution in [3.05, 3.63) is 65.2 Å². The van der Waals surface area contributed by atoms with Gasteiger partial charge in [-0.3, -0.25) is 4.79 Å². The van der Waals surface area contributed by atoms with Gasteiger partial charge in [-0.2, -0.15) is 4.31 Å². The molecule has 0 heterocycles. The SMILES string of the molecule is Cc1ccc(S(=O)(=O)N(C)Cc2ccc(C(=O)N[C@@H]3C[C@H]4CC[C@H]3C4)cc2)cc1. The molecule has 2 aromatic carbocycles. The van der Waals surface area contributed by atoms with Gasteiger partial charge in [-0.05, 0) is 67.9 Å². The van der Waals surface area contributed by atoms with Crippen LogP contribution in [0.25, 0.3) is 0 Å². The molecule has 2 saturated carbocycles. The van der Waals surface area contributed by atoms with Crippen LogP contribution in [0.4, 0.5) is 0 Å². The quantitative estimate of drug-likeness (QED) is 0.786. The Bertz CT molecular complexity index is 984. The van der Waals surface area contributed by atoms with Gasteiger partial charge in [-0.15, -0.1) is 0 Å². The molecule has 2 bridgehead atoms. The summed E-state index contributed by atoms with van der Waals surface area (Å²) >= 11 is 0. The highest BCUT2D eigenvalue weighted by atomic mass is 32.2. The Morgan fingerprint density at radius 2 is 1.72 bits per heavy atom. The van der Waals surface area contributed by atoms with Crippen LogP contribution in [0.15, 0.2) is 53.4 Å². The minimum absolute atomic E-state index is 0.0327. The Hall–Kier alpha value is -2.18. The maximum Gasteiger partial charge on any atom is 0.251 e. The smallest absolute Gasteiger partial charge is 0.251 e. The Labute approximate surface area is 173 Å². The number of nitrogens with one attached hydrogen (secondary N) is 1. The van der Waals surface area contributed by atoms with E-state index in [1.807, 2.05) is 19.1 Å². The molecule has 29 heavy (non-hydrogen) atoms. The molecule has 2 aromatic rings. The summed E-state index contributed by atoms with van der Waals surface area (Å²) in [7, 11) is -1.97. The number of sulfonamides is 1. The molecular formula is C23H28N2O3S. The van der Waals surface area contributed by atoms with Gasteiger partial charge in [0, 0.05) is 25.2 Å². The van der Waals surface area contributed by atoms with E-state index in [-0.39, 0.29) is 17.3 Å². The third-order valence-electron chi connectivity index (χ3n) is 6.41. The maximum atomic E-state index is 12.7. The van der Waals surface area contributed by atoms with Crippen LogP contribution in [-0.4, -0.2) is 31.7 Å². The summed E-state index contributed by atoms with van der Waals surface area (Å²) in [6.45, 7) is 2.18. The van der Waals surface area contributed by atoms with E-state index in [1.54, 1.807) is 43.4 Å². The van der Waals surface area contributed by atoms with Gasteiger partial charge in [0.15, 0.2) is 0 Å². The van der Waals surface area contributed by atoms with Crippen molar-refractivity contribution in [1.82, 2.24) is 9.62 Å². The number of fused-ring (bicyclic) bond motifs is 2. The van der Waals surface area contributed by atoms with Crippen LogP contribution in [0.2, 0.25) is 0 Å². The normalized spacial score (nSPS) is 23.5. The van der Waals surface area contributed by atoms with Crippen molar-refractivity contribution in [2.45, 2.75) is 50.1 Å². The molecule has 2 aliphatic carbocycles. The first-order valence-corrected chi connectivity index (χ1v) is 11.7. The van der Waals surface area contributed by atoms with E-state index >= 15 is 0 Å². The molecule has 2 fully saturated rings. The molecule has 0 saturated heterocycles. The summed E-state index contributed by atoms with van der Waals surface area (Å²) in [4.78, 5) is 12.8. The summed E-state index contributed by atoms with van der Waals surface area (Å²) in [5.41, 5.74) is 2.49. The zero-order valence-electron chi connectivity index (χ0n) is 17.0. The fourth-order valence-corrected chi connectivity index (χ4v) is 5.83. The first-order chi connectivity index (χ1) is 13.8. The van der Waals surface area contributed by atoms with Crippen LogP contribution < -0.4 is 5.32 Å². The second-order valence-corrected chi connectivity index (χ2v) is 10.6. The standard InChI is InChI=1S/C23H28N2O3S/c1-16-3-11-21(12-4-16)29(27,28)25(2)15-17-5-8-19(9-6-17)23(26)24-22-14-18-7-10-20(22)13-18/h3-6,8-9,11-12,18,20,22H,7,10,13-15H2,1-2H3,(H,24,26)/t18-,20-,22+/m0/s1. The highest BCUT2D eigenvalue weighted by Gasteiger charge is 2.40. The number of hydrogen-bond acceptors (Lipinski definition) is 3. The highest BCUT2D eigenvalue weighted by Crippen LogP contribution is 2.44. The summed E-state index contributed by atoms with van der Waals surface area (Å²) in [6.07, 6.45) is 4.91. The molecule has 0 aliphatic heterocycles. The van der Waals surface area contributed by atoms with E-state index in [1.165, 1.54) is 23.6 Å². The number of benzene rings is 2. The molecule has 0 radical (unpaired) electrons. The first-order valence-electron chi connectivity index (χ1n) is 10.3. The molecule has 1 amide bonds. The molecule has 5 nitrogen and oxygen atoms in total. The lowest BCUT2D eigenvalue weighted by molar-refractivity contribution is 0.0923. The largest absolute Gasteiger partial charge is 0.349 e. The van der Waals surface area contributed by atoms with Crippen molar-refractivity contribution in [2.75, 3.05) is 7.05 Å². The zero-order chi connectivity index (χ0) is 20.6. The van der Waals surface area contributed by atoms with Crippen molar-refractivity contribution in [2.24, 2.45) is 11.8 Å². The molecule has 154 valence electrons. The van der Waals surface area contributed by atoms with Crippen LogP contribution in [-0.2, 0) is 16.6 Å². The van der Waals surface area contributed by atoms with E-state index in [0.29, 0.717) is 17.5 Å². The molecular weight excluding hydrogens is 384 g/mol. The van der Waals surface area contributed by atoms with Crippen LogP contribution in [0.3, 0.4) is 0 Å². The number of amides is 1. The number of rotatable bonds is 6. The summed E-state index contributed by atoms with van der Waals surface area (Å²) in [6, 6.07) is 14.4. The number of aryl methyl sites for hydroxylation is 1. The summed E-state index contributed by atoms with van der Waals surface area (Å²) in [5, 5.41) is 3.19. The lowest BCUT2D eigenvalue weighted by Gasteiger charge is -2.23. The number of carbonyl (C=O) groups is 1. The Morgan fingerprint density at radius 1 is 1.03 bits per heavy atom. The fraction of sp³-hybridized carbons (Fsp3) is 0.435. The van der Waals surface area contributed by atoms with E-state index in [4.69, 9.17) is 0 Å². The van der Waals surface area contributed by atoms with Crippen molar-refractivity contribution in [1.29, 1.82) is 0 Å². The van der Waals surface area contributed by atoms with Crippen LogP contribution >= 0.6 is 0 Å². The van der Waals surface area contributed by atoms with Crippen molar-refractivity contribution < 1.29 is 13.2 Å². The van der Waals surface area contributed by atoms with Crippen molar-refractivity contribution >= 4 is 15.9 Å². The van der Waals surface area contributed by atoms with Gasteiger partial charge in [0.2, 0.25) is 10.0 Å². The van der Waals surface area contributed by atoms with Gasteiger partial charge in [-0.1, -0.05) is 36.2 Å². The van der Waals surface area contributed by atoms with Gasteiger partial charge < -0.3 is 5.32 Å². The predicted molar refractivity (Wildman–Crippen MR) is 113 cm³/mol. The van der Waals surface area contributed by atoms with E-state index in [0.717, 1.165) is 23.5 Å². The van der Waals surface area contributed by atoms with E-state index in [9.17, 15) is 13.2 Å². The molecule has 0 spiro atoms. The molecule has 0 unspecified atom stereocenters. The van der Waals surface area contributed by atoms with Gasteiger partial charge in [-0.25, -0.2) is 8.42 Å². The second kappa shape index (κ2) is 7.92. The lowest BCUT2D eigenvalue weighted by Crippen LogP contribution is -2.38. The van der Waals surface area contributed by atoms with Gasteiger partial charge >= 0.3 is 0 Å². The Morgan fingerprint density at radius 3 is 2.31 bits per heavy atom. The molecule has 3 atom stereocenters. The number of nitrogens with zero attached hydrogens (tertiary/aromatic N) is 1. The Kier molecular flexibility index (Phi) is 5.49. The van der Waals surface area contributed by atoms with Gasteiger partial charge in [0.1, 0.15) is 0 Å². The highest BCUT2D eigenvalue weighted by molar-refractivity contribution is 7.89. The minimum atomic E-state index is -3.55. The first kappa shape index (κ1) is 20.1. The average molecular weight is 413 g/mol. The Balaban J connectivity index is 1.38. The van der Waals surface area contributed by atoms with E-state index < -0.39 is 10.0 Å². The van der Waals surface area contributed by atoms with Crippen LogP contribution in [0.1, 0.15) is 47.2 Å². The monoisotopic (exact) mass is 412 g/mol. The maximum absolute atomic E-state index is 12.7. The number of hydrogen-bond donors (Lipinski definition) is 1. The van der Waals surface area contributed by atoms with Crippen LogP contribution in [0.5, 0.6) is 0 Å². The zero-order valence-corrected chi connectivity index (χ0v) is 17.8. The third kappa shape index (κ3) is 4.23. The molecule has 0 aromatic heterocycles. The molecule has 4 rings (SSSR count). The predicted octanol–water partition coefficient (Wildman–Crippen LogP) is 3.73. The average Bonchev–Trinajstić information content (AvgIpc) is 3.32. The number of carbonyl (C=O) groups excluding carboxylic acids is 1. The van der Waals surface area contributed by atoms with Gasteiger partial charge in [0.25, 0.3) is 5.91 Å². The summed E-state index contributed by atoms with van der Waals surface area (Å²) < 4.78 is 26.8. The lowest BCUT2D eigenvalue weighted by atomic mass is 9.95. The minimum Gasteiger partial charge on any atom is -0.349 e. The topological polar surface area (TPSA) is 66.5 Å². The molecule has 1 N–H and O–H groups in total. The molecule has 6 heteroatoms. The molecule has 2 aliphatic rings.